The highest BCUT2D eigenvalue weighted by Gasteiger charge is 2.10. The average Bonchev–Trinajstić information content (AvgIpc) is 2.61. The lowest BCUT2D eigenvalue weighted by molar-refractivity contribution is 0.385. The molecule has 0 saturated heterocycles. The fraction of sp³-hybridized carbons (Fsp3) is 0.333. The Bertz CT molecular complexity index is 486. The number of rotatable bonds is 2. The van der Waals surface area contributed by atoms with Crippen LogP contribution in [0.1, 0.15) is 11.1 Å². The Hall–Kier alpha value is -1.48. The lowest BCUT2D eigenvalue weighted by Crippen LogP contribution is -2.11. The first-order valence-electron chi connectivity index (χ1n) is 5.03. The number of aromatic hydroxyl groups is 1. The average molecular weight is 204 g/mol. The normalized spacial score (nSPS) is 11.5. The summed E-state index contributed by atoms with van der Waals surface area (Å²) in [7, 11) is 3.99. The summed E-state index contributed by atoms with van der Waals surface area (Å²) in [5, 5.41) is 11.1. The summed E-state index contributed by atoms with van der Waals surface area (Å²) in [6, 6.07) is 4.00. The van der Waals surface area contributed by atoms with E-state index in [0.717, 1.165) is 28.6 Å². The van der Waals surface area contributed by atoms with Crippen molar-refractivity contribution in [3.63, 3.8) is 0 Å². The van der Waals surface area contributed by atoms with Gasteiger partial charge in [-0.25, -0.2) is 0 Å². The molecule has 3 heteroatoms. The van der Waals surface area contributed by atoms with E-state index in [-0.39, 0.29) is 0 Å². The summed E-state index contributed by atoms with van der Waals surface area (Å²) in [5.74, 6) is 0.413. The highest BCUT2D eigenvalue weighted by Crippen LogP contribution is 2.30. The largest absolute Gasteiger partial charge is 0.507 e. The fourth-order valence-electron chi connectivity index (χ4n) is 1.90. The minimum absolute atomic E-state index is 0.413. The van der Waals surface area contributed by atoms with Crippen LogP contribution in [0.2, 0.25) is 0 Å². The van der Waals surface area contributed by atoms with Gasteiger partial charge in [-0.3, -0.25) is 0 Å². The minimum atomic E-state index is 0.413. The van der Waals surface area contributed by atoms with Crippen molar-refractivity contribution in [3.8, 4) is 5.75 Å². The highest BCUT2D eigenvalue weighted by molar-refractivity contribution is 5.86. The standard InChI is InChI=1S/C12H16N2O/c1-8-10-4-5-13-11(10)6-9(12(8)15)7-14(2)3/h4-6,13,15H,7H2,1-3H3. The van der Waals surface area contributed by atoms with Crippen molar-refractivity contribution in [1.82, 2.24) is 9.88 Å². The zero-order chi connectivity index (χ0) is 11.0. The number of hydrogen-bond donors (Lipinski definition) is 2. The summed E-state index contributed by atoms with van der Waals surface area (Å²) < 4.78 is 0. The number of hydrogen-bond acceptors (Lipinski definition) is 2. The summed E-state index contributed by atoms with van der Waals surface area (Å²) in [4.78, 5) is 5.22. The highest BCUT2D eigenvalue weighted by atomic mass is 16.3. The van der Waals surface area contributed by atoms with Gasteiger partial charge in [0.2, 0.25) is 0 Å². The second-order valence-corrected chi connectivity index (χ2v) is 4.19. The van der Waals surface area contributed by atoms with Crippen molar-refractivity contribution in [1.29, 1.82) is 0 Å². The van der Waals surface area contributed by atoms with E-state index < -0.39 is 0 Å². The van der Waals surface area contributed by atoms with Crippen LogP contribution in [0.4, 0.5) is 0 Å². The summed E-state index contributed by atoms with van der Waals surface area (Å²) in [6.07, 6.45) is 1.90. The van der Waals surface area contributed by atoms with Gasteiger partial charge in [0, 0.05) is 34.8 Å². The molecule has 3 nitrogen and oxygen atoms in total. The molecule has 1 aromatic carbocycles. The molecule has 0 fully saturated rings. The smallest absolute Gasteiger partial charge is 0.123 e. The predicted octanol–water partition coefficient (Wildman–Crippen LogP) is 2.24. The number of phenolic OH excluding ortho intramolecular Hbond substituents is 1. The lowest BCUT2D eigenvalue weighted by Gasteiger charge is -2.13. The van der Waals surface area contributed by atoms with Crippen molar-refractivity contribution >= 4 is 10.9 Å². The van der Waals surface area contributed by atoms with Gasteiger partial charge in [0.15, 0.2) is 0 Å². The van der Waals surface area contributed by atoms with Gasteiger partial charge >= 0.3 is 0 Å². The molecule has 0 radical (unpaired) electrons. The van der Waals surface area contributed by atoms with Crippen molar-refractivity contribution in [2.24, 2.45) is 0 Å². The first-order chi connectivity index (χ1) is 7.09. The molecule has 80 valence electrons. The molecule has 2 N–H and O–H groups in total. The van der Waals surface area contributed by atoms with Crippen LogP contribution in [-0.2, 0) is 6.54 Å². The minimum Gasteiger partial charge on any atom is -0.507 e. The van der Waals surface area contributed by atoms with Crippen molar-refractivity contribution in [2.75, 3.05) is 14.1 Å². The van der Waals surface area contributed by atoms with Crippen LogP contribution < -0.4 is 0 Å². The molecule has 15 heavy (non-hydrogen) atoms. The van der Waals surface area contributed by atoms with Gasteiger partial charge in [0.25, 0.3) is 0 Å². The van der Waals surface area contributed by atoms with Gasteiger partial charge in [-0.05, 0) is 33.2 Å². The number of aromatic nitrogens is 1. The van der Waals surface area contributed by atoms with E-state index in [2.05, 4.69) is 4.98 Å². The number of H-pyrrole nitrogens is 1. The molecule has 1 heterocycles. The fourth-order valence-corrected chi connectivity index (χ4v) is 1.90. The molecule has 2 aromatic rings. The van der Waals surface area contributed by atoms with E-state index in [1.807, 2.05) is 44.2 Å². The van der Waals surface area contributed by atoms with E-state index in [0.29, 0.717) is 5.75 Å². The maximum absolute atomic E-state index is 10.0. The molecule has 0 aliphatic rings. The lowest BCUT2D eigenvalue weighted by atomic mass is 10.0. The van der Waals surface area contributed by atoms with Gasteiger partial charge in [0.05, 0.1) is 0 Å². The number of nitrogens with zero attached hydrogens (tertiary/aromatic N) is 1. The SMILES string of the molecule is Cc1c(O)c(CN(C)C)cc2[nH]ccc12. The molecule has 0 atom stereocenters. The summed E-state index contributed by atoms with van der Waals surface area (Å²) in [6.45, 7) is 2.70. The number of fused-ring (bicyclic) bond motifs is 1. The first-order valence-corrected chi connectivity index (χ1v) is 5.03. The number of phenols is 1. The Morgan fingerprint density at radius 3 is 2.80 bits per heavy atom. The van der Waals surface area contributed by atoms with Crippen molar-refractivity contribution in [2.45, 2.75) is 13.5 Å². The molecular weight excluding hydrogens is 188 g/mol. The van der Waals surface area contributed by atoms with Crippen LogP contribution in [0.5, 0.6) is 5.75 Å². The number of nitrogens with one attached hydrogen (secondary N) is 1. The number of aryl methyl sites for hydroxylation is 1. The van der Waals surface area contributed by atoms with Crippen molar-refractivity contribution < 1.29 is 5.11 Å². The summed E-state index contributed by atoms with van der Waals surface area (Å²) in [5.41, 5.74) is 3.00. The van der Waals surface area contributed by atoms with E-state index in [1.165, 1.54) is 0 Å². The van der Waals surface area contributed by atoms with Crippen LogP contribution in [-0.4, -0.2) is 29.1 Å². The molecule has 0 unspecified atom stereocenters. The van der Waals surface area contributed by atoms with Crippen LogP contribution >= 0.6 is 0 Å². The predicted molar refractivity (Wildman–Crippen MR) is 62.1 cm³/mol. The maximum Gasteiger partial charge on any atom is 0.123 e. The molecule has 0 aliphatic carbocycles. The molecule has 1 aromatic heterocycles. The third-order valence-corrected chi connectivity index (χ3v) is 2.65. The number of aromatic amines is 1. The Kier molecular flexibility index (Phi) is 2.40. The van der Waals surface area contributed by atoms with E-state index in [1.54, 1.807) is 0 Å². The van der Waals surface area contributed by atoms with Gasteiger partial charge in [-0.2, -0.15) is 0 Å². The second-order valence-electron chi connectivity index (χ2n) is 4.19. The van der Waals surface area contributed by atoms with E-state index in [9.17, 15) is 5.11 Å². The molecule has 0 amide bonds. The van der Waals surface area contributed by atoms with Crippen molar-refractivity contribution in [3.05, 3.63) is 29.5 Å². The molecule has 0 saturated carbocycles. The quantitative estimate of drug-likeness (QED) is 0.787. The molecule has 0 spiro atoms. The van der Waals surface area contributed by atoms with Crippen LogP contribution in [0, 0.1) is 6.92 Å². The van der Waals surface area contributed by atoms with Gasteiger partial charge in [-0.1, -0.05) is 0 Å². The monoisotopic (exact) mass is 204 g/mol. The van der Waals surface area contributed by atoms with Gasteiger partial charge in [0.1, 0.15) is 5.75 Å². The van der Waals surface area contributed by atoms with Gasteiger partial charge in [-0.15, -0.1) is 0 Å². The van der Waals surface area contributed by atoms with Crippen LogP contribution in [0.25, 0.3) is 10.9 Å². The molecule has 2 rings (SSSR count). The Balaban J connectivity index is 2.59. The third-order valence-electron chi connectivity index (χ3n) is 2.65. The molecule has 0 aliphatic heterocycles. The Labute approximate surface area is 89.3 Å². The van der Waals surface area contributed by atoms with E-state index >= 15 is 0 Å². The third kappa shape index (κ3) is 1.70. The van der Waals surface area contributed by atoms with Crippen LogP contribution in [0.3, 0.4) is 0 Å². The maximum atomic E-state index is 10.0. The second kappa shape index (κ2) is 3.59. The topological polar surface area (TPSA) is 39.3 Å². The Morgan fingerprint density at radius 1 is 1.40 bits per heavy atom. The van der Waals surface area contributed by atoms with Crippen LogP contribution in [0.15, 0.2) is 18.3 Å². The first kappa shape index (κ1) is 10.1. The number of benzene rings is 1. The Morgan fingerprint density at radius 2 is 2.13 bits per heavy atom. The molecular formula is C12H16N2O. The molecule has 0 bridgehead atoms. The van der Waals surface area contributed by atoms with Gasteiger partial charge < -0.3 is 15.0 Å². The zero-order valence-corrected chi connectivity index (χ0v) is 9.33. The van der Waals surface area contributed by atoms with E-state index in [4.69, 9.17) is 0 Å². The zero-order valence-electron chi connectivity index (χ0n) is 9.33. The summed E-state index contributed by atoms with van der Waals surface area (Å²) >= 11 is 0.